The minimum atomic E-state index is -0.431. The average Bonchev–Trinajstić information content (AvgIpc) is 2.75. The highest BCUT2D eigenvalue weighted by atomic mass is 32.1. The van der Waals surface area contributed by atoms with Crippen molar-refractivity contribution in [3.05, 3.63) is 44.0 Å². The molecular weight excluding hydrogens is 264 g/mol. The third-order valence-corrected chi connectivity index (χ3v) is 3.75. The molecule has 1 N–H and O–H groups in total. The van der Waals surface area contributed by atoms with E-state index in [1.54, 1.807) is 24.3 Å². The van der Waals surface area contributed by atoms with Crippen molar-refractivity contribution in [3.8, 4) is 0 Å². The second kappa shape index (κ2) is 5.31. The number of thiazole rings is 1. The van der Waals surface area contributed by atoms with Crippen LogP contribution in [-0.2, 0) is 0 Å². The van der Waals surface area contributed by atoms with Crippen molar-refractivity contribution in [1.82, 2.24) is 9.97 Å². The van der Waals surface area contributed by atoms with Crippen molar-refractivity contribution >= 4 is 22.8 Å². The first-order valence-electron chi connectivity index (χ1n) is 5.77. The second-order valence-electron chi connectivity index (χ2n) is 4.29. The number of nitrogens with zero attached hydrogens (tertiary/aromatic N) is 3. The Hall–Kier alpha value is -2.02. The van der Waals surface area contributed by atoms with Gasteiger partial charge in [-0.1, -0.05) is 0 Å². The van der Waals surface area contributed by atoms with Crippen LogP contribution in [0.3, 0.4) is 0 Å². The fraction of sp³-hybridized carbons (Fsp3) is 0.333. The van der Waals surface area contributed by atoms with Gasteiger partial charge < -0.3 is 5.32 Å². The average molecular weight is 278 g/mol. The zero-order valence-electron chi connectivity index (χ0n) is 10.9. The van der Waals surface area contributed by atoms with Gasteiger partial charge in [-0.25, -0.2) is 9.97 Å². The molecule has 0 aliphatic carbocycles. The minimum absolute atomic E-state index is 0.0204. The van der Waals surface area contributed by atoms with Crippen LogP contribution in [0.5, 0.6) is 0 Å². The van der Waals surface area contributed by atoms with Crippen LogP contribution in [0.4, 0.5) is 11.5 Å². The van der Waals surface area contributed by atoms with Crippen LogP contribution in [0, 0.1) is 24.0 Å². The SMILES string of the molecule is Cc1cnc(C(C)Nc2cc(C)c([N+](=O)[O-])cn2)s1. The van der Waals surface area contributed by atoms with Gasteiger partial charge in [0.2, 0.25) is 0 Å². The van der Waals surface area contributed by atoms with E-state index < -0.39 is 4.92 Å². The fourth-order valence-corrected chi connectivity index (χ4v) is 2.45. The topological polar surface area (TPSA) is 81.0 Å². The molecule has 2 aromatic rings. The van der Waals surface area contributed by atoms with Gasteiger partial charge in [-0.15, -0.1) is 11.3 Å². The molecule has 0 bridgehead atoms. The summed E-state index contributed by atoms with van der Waals surface area (Å²) in [5.41, 5.74) is 0.619. The standard InChI is InChI=1S/C12H14N4O2S/c1-7-4-11(13-6-10(7)16(17)18)15-9(3)12-14-5-8(2)19-12/h4-6,9H,1-3H3,(H,13,15). The van der Waals surface area contributed by atoms with Crippen LogP contribution in [0.15, 0.2) is 18.5 Å². The molecule has 2 rings (SSSR count). The van der Waals surface area contributed by atoms with E-state index in [9.17, 15) is 10.1 Å². The summed E-state index contributed by atoms with van der Waals surface area (Å²) >= 11 is 1.62. The predicted molar refractivity (Wildman–Crippen MR) is 74.5 cm³/mol. The van der Waals surface area contributed by atoms with Crippen LogP contribution in [0.1, 0.15) is 28.4 Å². The van der Waals surface area contributed by atoms with Crippen LogP contribution >= 0.6 is 11.3 Å². The van der Waals surface area contributed by atoms with Gasteiger partial charge in [0.05, 0.1) is 11.0 Å². The third kappa shape index (κ3) is 3.05. The molecule has 0 aromatic carbocycles. The first-order valence-corrected chi connectivity index (χ1v) is 6.59. The zero-order chi connectivity index (χ0) is 14.0. The van der Waals surface area contributed by atoms with Crippen molar-refractivity contribution in [2.45, 2.75) is 26.8 Å². The number of rotatable bonds is 4. The monoisotopic (exact) mass is 278 g/mol. The number of aromatic nitrogens is 2. The Balaban J connectivity index is 2.15. The van der Waals surface area contributed by atoms with Gasteiger partial charge in [-0.2, -0.15) is 0 Å². The van der Waals surface area contributed by atoms with Crippen molar-refractivity contribution in [2.24, 2.45) is 0 Å². The molecule has 100 valence electrons. The summed E-state index contributed by atoms with van der Waals surface area (Å²) in [7, 11) is 0. The number of hydrogen-bond donors (Lipinski definition) is 1. The summed E-state index contributed by atoms with van der Waals surface area (Å²) in [5, 5.41) is 14.9. The van der Waals surface area contributed by atoms with Gasteiger partial charge in [-0.3, -0.25) is 10.1 Å². The Morgan fingerprint density at radius 1 is 1.37 bits per heavy atom. The number of nitro groups is 1. The summed E-state index contributed by atoms with van der Waals surface area (Å²) < 4.78 is 0. The van der Waals surface area contributed by atoms with Crippen molar-refractivity contribution in [2.75, 3.05) is 5.32 Å². The van der Waals surface area contributed by atoms with Crippen LogP contribution in [-0.4, -0.2) is 14.9 Å². The number of nitrogens with one attached hydrogen (secondary N) is 1. The van der Waals surface area contributed by atoms with E-state index in [0.29, 0.717) is 11.4 Å². The lowest BCUT2D eigenvalue weighted by Gasteiger charge is -2.12. The highest BCUT2D eigenvalue weighted by Crippen LogP contribution is 2.24. The number of aryl methyl sites for hydroxylation is 2. The largest absolute Gasteiger partial charge is 0.361 e. The van der Waals surface area contributed by atoms with Crippen molar-refractivity contribution < 1.29 is 4.92 Å². The third-order valence-electron chi connectivity index (χ3n) is 2.65. The summed E-state index contributed by atoms with van der Waals surface area (Å²) in [6.07, 6.45) is 3.10. The second-order valence-corrected chi connectivity index (χ2v) is 5.55. The molecule has 0 fully saturated rings. The van der Waals surface area contributed by atoms with Crippen LogP contribution in [0.2, 0.25) is 0 Å². The number of pyridine rings is 1. The molecule has 0 radical (unpaired) electrons. The van der Waals surface area contributed by atoms with Crippen LogP contribution < -0.4 is 5.32 Å². The van der Waals surface area contributed by atoms with E-state index in [-0.39, 0.29) is 11.7 Å². The summed E-state index contributed by atoms with van der Waals surface area (Å²) in [6, 6.07) is 1.70. The van der Waals surface area contributed by atoms with Crippen LogP contribution in [0.25, 0.3) is 0 Å². The molecule has 6 nitrogen and oxygen atoms in total. The Labute approximate surface area is 114 Å². The maximum absolute atomic E-state index is 10.7. The minimum Gasteiger partial charge on any atom is -0.361 e. The summed E-state index contributed by atoms with van der Waals surface area (Å²) in [5.74, 6) is 0.614. The first-order chi connectivity index (χ1) is 8.97. The highest BCUT2D eigenvalue weighted by molar-refractivity contribution is 7.11. The maximum atomic E-state index is 10.7. The molecule has 1 atom stereocenters. The molecule has 0 amide bonds. The Kier molecular flexibility index (Phi) is 3.75. The van der Waals surface area contributed by atoms with E-state index in [0.717, 1.165) is 9.88 Å². The molecule has 0 spiro atoms. The predicted octanol–water partition coefficient (Wildman–Crippen LogP) is 3.24. The van der Waals surface area contributed by atoms with Gasteiger partial charge in [0.15, 0.2) is 0 Å². The number of hydrogen-bond acceptors (Lipinski definition) is 6. The molecule has 0 saturated carbocycles. The molecule has 2 aromatic heterocycles. The van der Waals surface area contributed by atoms with Gasteiger partial charge in [0, 0.05) is 16.6 Å². The van der Waals surface area contributed by atoms with Gasteiger partial charge >= 0.3 is 0 Å². The lowest BCUT2D eigenvalue weighted by molar-refractivity contribution is -0.385. The van der Waals surface area contributed by atoms with E-state index in [4.69, 9.17) is 0 Å². The maximum Gasteiger partial charge on any atom is 0.290 e. The lowest BCUT2D eigenvalue weighted by Crippen LogP contribution is -2.08. The summed E-state index contributed by atoms with van der Waals surface area (Å²) in [4.78, 5) is 19.8. The molecule has 0 aliphatic rings. The molecule has 0 aliphatic heterocycles. The summed E-state index contributed by atoms with van der Waals surface area (Å²) in [6.45, 7) is 5.68. The van der Waals surface area contributed by atoms with E-state index >= 15 is 0 Å². The molecule has 1 unspecified atom stereocenters. The van der Waals surface area contributed by atoms with Gasteiger partial charge in [0.25, 0.3) is 5.69 Å². The molecule has 19 heavy (non-hydrogen) atoms. The van der Waals surface area contributed by atoms with Gasteiger partial charge in [0.1, 0.15) is 17.0 Å². The van der Waals surface area contributed by atoms with Crippen molar-refractivity contribution in [1.29, 1.82) is 0 Å². The zero-order valence-corrected chi connectivity index (χ0v) is 11.7. The van der Waals surface area contributed by atoms with E-state index in [1.165, 1.54) is 6.20 Å². The smallest absolute Gasteiger partial charge is 0.290 e. The van der Waals surface area contributed by atoms with E-state index in [1.807, 2.05) is 20.0 Å². The Morgan fingerprint density at radius 2 is 2.11 bits per heavy atom. The Morgan fingerprint density at radius 3 is 2.63 bits per heavy atom. The molecular formula is C12H14N4O2S. The van der Waals surface area contributed by atoms with Gasteiger partial charge in [-0.05, 0) is 26.8 Å². The normalized spacial score (nSPS) is 12.2. The fourth-order valence-electron chi connectivity index (χ4n) is 1.67. The molecule has 0 saturated heterocycles. The van der Waals surface area contributed by atoms with E-state index in [2.05, 4.69) is 15.3 Å². The lowest BCUT2D eigenvalue weighted by atomic mass is 10.2. The molecule has 7 heteroatoms. The number of anilines is 1. The highest BCUT2D eigenvalue weighted by Gasteiger charge is 2.14. The Bertz CT molecular complexity index is 612. The molecule has 2 heterocycles. The quantitative estimate of drug-likeness (QED) is 0.686. The first kappa shape index (κ1) is 13.4. The van der Waals surface area contributed by atoms with Crippen molar-refractivity contribution in [3.63, 3.8) is 0 Å².